The van der Waals surface area contributed by atoms with Crippen molar-refractivity contribution in [1.82, 2.24) is 15.1 Å². The van der Waals surface area contributed by atoms with Gasteiger partial charge in [-0.3, -0.25) is 4.90 Å². The Hall–Kier alpha value is -0.160. The van der Waals surface area contributed by atoms with Crippen LogP contribution >= 0.6 is 0 Å². The summed E-state index contributed by atoms with van der Waals surface area (Å²) in [6.07, 6.45) is 6.72. The van der Waals surface area contributed by atoms with Crippen LogP contribution in [0.2, 0.25) is 0 Å². The summed E-state index contributed by atoms with van der Waals surface area (Å²) >= 11 is 0. The van der Waals surface area contributed by atoms with Crippen LogP contribution in [0.1, 0.15) is 52.9 Å². The lowest BCUT2D eigenvalue weighted by Crippen LogP contribution is -2.53. The van der Waals surface area contributed by atoms with E-state index in [0.717, 1.165) is 19.0 Å². The Labute approximate surface area is 130 Å². The largest absolute Gasteiger partial charge is 0.394 e. The molecule has 1 atom stereocenters. The third-order valence-corrected chi connectivity index (χ3v) is 5.21. The lowest BCUT2D eigenvalue weighted by Gasteiger charge is -2.40. The summed E-state index contributed by atoms with van der Waals surface area (Å²) in [5, 5.41) is 13.2. The third-order valence-electron chi connectivity index (χ3n) is 5.21. The maximum Gasteiger partial charge on any atom is 0.0611 e. The van der Waals surface area contributed by atoms with E-state index in [-0.39, 0.29) is 12.1 Å². The molecule has 1 saturated heterocycles. The molecule has 0 radical (unpaired) electrons. The molecule has 0 aromatic heterocycles. The molecule has 4 nitrogen and oxygen atoms in total. The molecule has 0 aromatic carbocycles. The first-order chi connectivity index (χ1) is 10.0. The van der Waals surface area contributed by atoms with Crippen molar-refractivity contribution >= 4 is 0 Å². The standard InChI is InChI=1S/C17H35N3O/c1-15(2)18-17(3,14-21)8-9-19-10-12-20(13-11-19)16-6-4-5-7-16/h15-16,18,21H,4-14H2,1-3H3. The number of aliphatic hydroxyl groups excluding tert-OH is 1. The van der Waals surface area contributed by atoms with Crippen molar-refractivity contribution in [2.45, 2.75) is 70.5 Å². The molecule has 0 bridgehead atoms. The first kappa shape index (κ1) is 17.2. The predicted octanol–water partition coefficient (Wildman–Crippen LogP) is 1.69. The van der Waals surface area contributed by atoms with E-state index in [1.165, 1.54) is 51.9 Å². The Kier molecular flexibility index (Phi) is 6.48. The van der Waals surface area contributed by atoms with Gasteiger partial charge < -0.3 is 15.3 Å². The van der Waals surface area contributed by atoms with Crippen LogP contribution in [0.15, 0.2) is 0 Å². The van der Waals surface area contributed by atoms with Crippen LogP contribution in [0.5, 0.6) is 0 Å². The first-order valence-electron chi connectivity index (χ1n) is 8.87. The molecule has 1 aliphatic heterocycles. The van der Waals surface area contributed by atoms with Crippen LogP contribution in [-0.2, 0) is 0 Å². The Morgan fingerprint density at radius 2 is 1.76 bits per heavy atom. The van der Waals surface area contributed by atoms with Gasteiger partial charge in [-0.25, -0.2) is 0 Å². The van der Waals surface area contributed by atoms with E-state index in [4.69, 9.17) is 0 Å². The highest BCUT2D eigenvalue weighted by atomic mass is 16.3. The van der Waals surface area contributed by atoms with E-state index in [1.54, 1.807) is 0 Å². The summed E-state index contributed by atoms with van der Waals surface area (Å²) in [6.45, 7) is 12.6. The van der Waals surface area contributed by atoms with Crippen LogP contribution in [-0.4, -0.2) is 71.9 Å². The number of nitrogens with one attached hydrogen (secondary N) is 1. The molecule has 21 heavy (non-hydrogen) atoms. The van der Waals surface area contributed by atoms with Crippen LogP contribution in [0.3, 0.4) is 0 Å². The van der Waals surface area contributed by atoms with Gasteiger partial charge in [0.15, 0.2) is 0 Å². The maximum absolute atomic E-state index is 9.66. The molecule has 1 saturated carbocycles. The lowest BCUT2D eigenvalue weighted by atomic mass is 9.97. The van der Waals surface area contributed by atoms with Gasteiger partial charge in [-0.15, -0.1) is 0 Å². The minimum atomic E-state index is -0.142. The number of aliphatic hydroxyl groups is 1. The summed E-state index contributed by atoms with van der Waals surface area (Å²) in [7, 11) is 0. The molecular weight excluding hydrogens is 262 g/mol. The molecule has 1 aliphatic carbocycles. The maximum atomic E-state index is 9.66. The summed E-state index contributed by atoms with van der Waals surface area (Å²) < 4.78 is 0. The fourth-order valence-electron chi connectivity index (χ4n) is 3.92. The highest BCUT2D eigenvalue weighted by Gasteiger charge is 2.28. The Morgan fingerprint density at radius 3 is 2.29 bits per heavy atom. The van der Waals surface area contributed by atoms with Crippen LogP contribution in [0.4, 0.5) is 0 Å². The second-order valence-corrected chi connectivity index (χ2v) is 7.58. The second kappa shape index (κ2) is 7.91. The van der Waals surface area contributed by atoms with Gasteiger partial charge in [0.1, 0.15) is 0 Å². The van der Waals surface area contributed by atoms with Crippen molar-refractivity contribution in [3.63, 3.8) is 0 Å². The van der Waals surface area contributed by atoms with Gasteiger partial charge in [0, 0.05) is 50.3 Å². The molecule has 0 spiro atoms. The smallest absolute Gasteiger partial charge is 0.0611 e. The second-order valence-electron chi connectivity index (χ2n) is 7.58. The molecule has 2 rings (SSSR count). The van der Waals surface area contributed by atoms with E-state index in [1.807, 2.05) is 0 Å². The van der Waals surface area contributed by atoms with Gasteiger partial charge >= 0.3 is 0 Å². The fraction of sp³-hybridized carbons (Fsp3) is 1.00. The number of hydrogen-bond acceptors (Lipinski definition) is 4. The van der Waals surface area contributed by atoms with Crippen molar-refractivity contribution in [3.8, 4) is 0 Å². The molecule has 2 fully saturated rings. The van der Waals surface area contributed by atoms with E-state index >= 15 is 0 Å². The summed E-state index contributed by atoms with van der Waals surface area (Å²) in [5.41, 5.74) is -0.142. The van der Waals surface area contributed by atoms with Crippen molar-refractivity contribution in [2.24, 2.45) is 0 Å². The number of rotatable bonds is 7. The molecule has 0 amide bonds. The van der Waals surface area contributed by atoms with E-state index in [9.17, 15) is 5.11 Å². The van der Waals surface area contributed by atoms with Gasteiger partial charge in [0.25, 0.3) is 0 Å². The number of piperazine rings is 1. The molecule has 2 aliphatic rings. The van der Waals surface area contributed by atoms with Gasteiger partial charge in [0.2, 0.25) is 0 Å². The average Bonchev–Trinajstić information content (AvgIpc) is 2.99. The predicted molar refractivity (Wildman–Crippen MR) is 88.6 cm³/mol. The quantitative estimate of drug-likeness (QED) is 0.750. The van der Waals surface area contributed by atoms with Crippen molar-refractivity contribution < 1.29 is 5.11 Å². The normalized spacial score (nSPS) is 25.6. The first-order valence-corrected chi connectivity index (χ1v) is 8.87. The minimum Gasteiger partial charge on any atom is -0.394 e. The summed E-state index contributed by atoms with van der Waals surface area (Å²) in [4.78, 5) is 5.28. The van der Waals surface area contributed by atoms with E-state index in [2.05, 4.69) is 35.9 Å². The monoisotopic (exact) mass is 297 g/mol. The van der Waals surface area contributed by atoms with Crippen LogP contribution in [0, 0.1) is 0 Å². The zero-order valence-electron chi connectivity index (χ0n) is 14.3. The van der Waals surface area contributed by atoms with Gasteiger partial charge in [-0.05, 0) is 26.2 Å². The van der Waals surface area contributed by atoms with Gasteiger partial charge in [-0.1, -0.05) is 26.7 Å². The molecule has 0 aromatic rings. The van der Waals surface area contributed by atoms with E-state index in [0.29, 0.717) is 6.04 Å². The van der Waals surface area contributed by atoms with Gasteiger partial charge in [-0.2, -0.15) is 0 Å². The van der Waals surface area contributed by atoms with Crippen molar-refractivity contribution in [1.29, 1.82) is 0 Å². The molecule has 2 N–H and O–H groups in total. The Balaban J connectivity index is 1.70. The zero-order chi connectivity index (χ0) is 15.3. The van der Waals surface area contributed by atoms with Crippen molar-refractivity contribution in [2.75, 3.05) is 39.3 Å². The zero-order valence-corrected chi connectivity index (χ0v) is 14.3. The van der Waals surface area contributed by atoms with Gasteiger partial charge in [0.05, 0.1) is 6.61 Å². The van der Waals surface area contributed by atoms with E-state index < -0.39 is 0 Å². The van der Waals surface area contributed by atoms with Crippen LogP contribution in [0.25, 0.3) is 0 Å². The summed E-state index contributed by atoms with van der Waals surface area (Å²) in [5.74, 6) is 0. The average molecular weight is 297 g/mol. The highest BCUT2D eigenvalue weighted by molar-refractivity contribution is 4.87. The number of nitrogens with zero attached hydrogens (tertiary/aromatic N) is 2. The molecular formula is C17H35N3O. The van der Waals surface area contributed by atoms with Crippen molar-refractivity contribution in [3.05, 3.63) is 0 Å². The molecule has 124 valence electrons. The minimum absolute atomic E-state index is 0.142. The lowest BCUT2D eigenvalue weighted by molar-refractivity contribution is 0.0819. The SMILES string of the molecule is CC(C)NC(C)(CO)CCN1CCN(C2CCCC2)CC1. The van der Waals surface area contributed by atoms with Crippen LogP contribution < -0.4 is 5.32 Å². The topological polar surface area (TPSA) is 38.7 Å². The highest BCUT2D eigenvalue weighted by Crippen LogP contribution is 2.24. The Morgan fingerprint density at radius 1 is 1.14 bits per heavy atom. The molecule has 1 heterocycles. The third kappa shape index (κ3) is 5.20. The fourth-order valence-corrected chi connectivity index (χ4v) is 3.92. The number of hydrogen-bond donors (Lipinski definition) is 2. The molecule has 1 unspecified atom stereocenters. The Bertz CT molecular complexity index is 296. The molecule has 4 heteroatoms. The summed E-state index contributed by atoms with van der Waals surface area (Å²) in [6, 6.07) is 1.29.